The van der Waals surface area contributed by atoms with Crippen molar-refractivity contribution in [3.63, 3.8) is 0 Å². The SMILES string of the molecule is CC1=CC(C)=C(C)C2NSN=C12. The van der Waals surface area contributed by atoms with E-state index in [9.17, 15) is 0 Å². The van der Waals surface area contributed by atoms with E-state index in [4.69, 9.17) is 0 Å². The lowest BCUT2D eigenvalue weighted by atomic mass is 9.89. The van der Waals surface area contributed by atoms with Crippen molar-refractivity contribution in [2.24, 2.45) is 4.40 Å². The van der Waals surface area contributed by atoms with Crippen molar-refractivity contribution in [3.8, 4) is 0 Å². The van der Waals surface area contributed by atoms with Crippen LogP contribution in [0.2, 0.25) is 0 Å². The maximum atomic E-state index is 4.34. The Morgan fingerprint density at radius 1 is 1.42 bits per heavy atom. The maximum absolute atomic E-state index is 4.34. The molecule has 0 spiro atoms. The van der Waals surface area contributed by atoms with Gasteiger partial charge in [-0.1, -0.05) is 6.08 Å². The fourth-order valence-corrected chi connectivity index (χ4v) is 2.36. The first-order valence-corrected chi connectivity index (χ1v) is 4.83. The van der Waals surface area contributed by atoms with Crippen molar-refractivity contribution in [1.82, 2.24) is 4.72 Å². The lowest BCUT2D eigenvalue weighted by molar-refractivity contribution is 0.913. The van der Waals surface area contributed by atoms with Gasteiger partial charge >= 0.3 is 0 Å². The average molecular weight is 180 g/mol. The van der Waals surface area contributed by atoms with Gasteiger partial charge in [-0.15, -0.1) is 0 Å². The molecule has 1 heterocycles. The number of nitrogens with one attached hydrogen (secondary N) is 1. The van der Waals surface area contributed by atoms with E-state index in [1.807, 2.05) is 0 Å². The number of rotatable bonds is 0. The summed E-state index contributed by atoms with van der Waals surface area (Å²) in [7, 11) is 0. The van der Waals surface area contributed by atoms with Gasteiger partial charge in [0.15, 0.2) is 0 Å². The van der Waals surface area contributed by atoms with E-state index in [1.165, 1.54) is 34.6 Å². The Balaban J connectivity index is 2.48. The number of allylic oxidation sites excluding steroid dienone is 2. The van der Waals surface area contributed by atoms with Gasteiger partial charge in [0.05, 0.1) is 23.9 Å². The first-order chi connectivity index (χ1) is 5.70. The zero-order valence-corrected chi connectivity index (χ0v) is 8.33. The third kappa shape index (κ3) is 1.04. The van der Waals surface area contributed by atoms with Crippen LogP contribution >= 0.6 is 12.1 Å². The topological polar surface area (TPSA) is 24.4 Å². The Morgan fingerprint density at radius 3 is 2.92 bits per heavy atom. The minimum atomic E-state index is 0.361. The zero-order chi connectivity index (χ0) is 8.72. The van der Waals surface area contributed by atoms with Crippen LogP contribution < -0.4 is 4.72 Å². The molecule has 0 fully saturated rings. The Labute approximate surface area is 77.1 Å². The van der Waals surface area contributed by atoms with Gasteiger partial charge in [0.25, 0.3) is 0 Å². The van der Waals surface area contributed by atoms with Crippen molar-refractivity contribution in [2.75, 3.05) is 0 Å². The summed E-state index contributed by atoms with van der Waals surface area (Å²) in [6.45, 7) is 6.44. The summed E-state index contributed by atoms with van der Waals surface area (Å²) in [5.74, 6) is 0. The highest BCUT2D eigenvalue weighted by molar-refractivity contribution is 7.96. The smallest absolute Gasteiger partial charge is 0.0833 e. The Kier molecular flexibility index (Phi) is 1.85. The molecule has 0 amide bonds. The molecule has 2 rings (SSSR count). The van der Waals surface area contributed by atoms with E-state index in [2.05, 4.69) is 36.0 Å². The maximum Gasteiger partial charge on any atom is 0.0833 e. The van der Waals surface area contributed by atoms with Gasteiger partial charge < -0.3 is 0 Å². The van der Waals surface area contributed by atoms with Gasteiger partial charge in [-0.3, -0.25) is 0 Å². The summed E-state index contributed by atoms with van der Waals surface area (Å²) >= 11 is 1.45. The molecule has 2 nitrogen and oxygen atoms in total. The van der Waals surface area contributed by atoms with Crippen molar-refractivity contribution in [1.29, 1.82) is 0 Å². The number of fused-ring (bicyclic) bond motifs is 1. The lowest BCUT2D eigenvalue weighted by Gasteiger charge is -2.20. The standard InChI is InChI=1S/C9H12N2S/c1-5-4-6(2)8-9(7(5)3)11-12-10-8/h4,9,11H,1-3H3. The molecule has 0 bridgehead atoms. The third-order valence-corrected chi connectivity index (χ3v) is 3.11. The van der Waals surface area contributed by atoms with Crippen molar-refractivity contribution in [2.45, 2.75) is 26.8 Å². The molecule has 12 heavy (non-hydrogen) atoms. The van der Waals surface area contributed by atoms with E-state index in [0.29, 0.717) is 6.04 Å². The predicted molar refractivity (Wildman–Crippen MR) is 54.1 cm³/mol. The fraction of sp³-hybridized carbons (Fsp3) is 0.444. The molecule has 0 aromatic heterocycles. The molecule has 0 radical (unpaired) electrons. The predicted octanol–water partition coefficient (Wildman–Crippen LogP) is 2.26. The molecule has 1 atom stereocenters. The van der Waals surface area contributed by atoms with Crippen molar-refractivity contribution >= 4 is 17.8 Å². The molecule has 2 aliphatic rings. The Hall–Kier alpha value is -0.540. The van der Waals surface area contributed by atoms with Crippen LogP contribution in [0.5, 0.6) is 0 Å². The Morgan fingerprint density at radius 2 is 2.17 bits per heavy atom. The minimum absolute atomic E-state index is 0.361. The quantitative estimate of drug-likeness (QED) is 0.578. The van der Waals surface area contributed by atoms with Crippen LogP contribution in [0.1, 0.15) is 20.8 Å². The monoisotopic (exact) mass is 180 g/mol. The lowest BCUT2D eigenvalue weighted by Crippen LogP contribution is -2.32. The highest BCUT2D eigenvalue weighted by Crippen LogP contribution is 2.28. The second-order valence-electron chi connectivity index (χ2n) is 3.31. The summed E-state index contributed by atoms with van der Waals surface area (Å²) < 4.78 is 7.63. The van der Waals surface area contributed by atoms with Crippen LogP contribution in [0.15, 0.2) is 27.2 Å². The van der Waals surface area contributed by atoms with Crippen molar-refractivity contribution < 1.29 is 0 Å². The van der Waals surface area contributed by atoms with Gasteiger partial charge in [-0.05, 0) is 37.5 Å². The van der Waals surface area contributed by atoms with E-state index < -0.39 is 0 Å². The molecule has 1 aliphatic heterocycles. The van der Waals surface area contributed by atoms with Crippen LogP contribution in [-0.2, 0) is 0 Å². The van der Waals surface area contributed by atoms with Crippen LogP contribution in [0.4, 0.5) is 0 Å². The largest absolute Gasteiger partial charge is 0.231 e. The first kappa shape index (κ1) is 8.08. The first-order valence-electron chi connectivity index (χ1n) is 4.05. The second kappa shape index (κ2) is 2.75. The molecule has 0 aromatic rings. The van der Waals surface area contributed by atoms with Gasteiger partial charge in [0.1, 0.15) is 0 Å². The molecule has 1 unspecified atom stereocenters. The number of hydrogen-bond acceptors (Lipinski definition) is 3. The summed E-state index contributed by atoms with van der Waals surface area (Å²) in [5.41, 5.74) is 5.25. The molecule has 1 N–H and O–H groups in total. The summed E-state index contributed by atoms with van der Waals surface area (Å²) in [6, 6.07) is 0.361. The molecule has 0 saturated heterocycles. The van der Waals surface area contributed by atoms with Crippen LogP contribution in [-0.4, -0.2) is 11.8 Å². The summed E-state index contributed by atoms with van der Waals surface area (Å²) in [5, 5.41) is 0. The highest BCUT2D eigenvalue weighted by atomic mass is 32.2. The molecule has 64 valence electrons. The number of hydrogen-bond donors (Lipinski definition) is 1. The molecule has 0 aromatic carbocycles. The van der Waals surface area contributed by atoms with Gasteiger partial charge in [-0.2, -0.15) is 0 Å². The molecule has 0 saturated carbocycles. The Bertz CT molecular complexity index is 312. The van der Waals surface area contributed by atoms with Gasteiger partial charge in [-0.25, -0.2) is 9.12 Å². The fourth-order valence-electron chi connectivity index (χ4n) is 1.57. The van der Waals surface area contributed by atoms with E-state index in [1.54, 1.807) is 0 Å². The van der Waals surface area contributed by atoms with Gasteiger partial charge in [0.2, 0.25) is 0 Å². The second-order valence-corrected chi connectivity index (χ2v) is 3.91. The van der Waals surface area contributed by atoms with E-state index in [0.717, 1.165) is 0 Å². The van der Waals surface area contributed by atoms with Crippen LogP contribution in [0.25, 0.3) is 0 Å². The highest BCUT2D eigenvalue weighted by Gasteiger charge is 2.27. The molecule has 1 aliphatic carbocycles. The summed E-state index contributed by atoms with van der Waals surface area (Å²) in [4.78, 5) is 0. The van der Waals surface area contributed by atoms with Crippen molar-refractivity contribution in [3.05, 3.63) is 22.8 Å². The van der Waals surface area contributed by atoms with Gasteiger partial charge in [0, 0.05) is 0 Å². The van der Waals surface area contributed by atoms with Crippen LogP contribution in [0.3, 0.4) is 0 Å². The van der Waals surface area contributed by atoms with Crippen LogP contribution in [0, 0.1) is 0 Å². The number of nitrogens with zero attached hydrogens (tertiary/aromatic N) is 1. The molecular formula is C9H12N2S. The average Bonchev–Trinajstić information content (AvgIpc) is 2.48. The molecule has 3 heteroatoms. The third-order valence-electron chi connectivity index (χ3n) is 2.48. The minimum Gasteiger partial charge on any atom is -0.231 e. The van der Waals surface area contributed by atoms with E-state index >= 15 is 0 Å². The molecular weight excluding hydrogens is 168 g/mol. The van der Waals surface area contributed by atoms with E-state index in [-0.39, 0.29) is 0 Å². The summed E-state index contributed by atoms with van der Waals surface area (Å²) in [6.07, 6.45) is 2.21. The zero-order valence-electron chi connectivity index (χ0n) is 7.51. The normalized spacial score (nSPS) is 28.4.